The van der Waals surface area contributed by atoms with Crippen molar-refractivity contribution in [1.29, 1.82) is 0 Å². The summed E-state index contributed by atoms with van der Waals surface area (Å²) in [4.78, 5) is 2.23. The third kappa shape index (κ3) is 6.73. The molecule has 33 heavy (non-hydrogen) atoms. The van der Waals surface area contributed by atoms with Crippen LogP contribution in [0, 0.1) is 0 Å². The van der Waals surface area contributed by atoms with Crippen molar-refractivity contribution >= 4 is 21.5 Å². The Morgan fingerprint density at radius 3 is 2.21 bits per heavy atom. The van der Waals surface area contributed by atoms with Crippen LogP contribution in [0.15, 0.2) is 30.3 Å². The van der Waals surface area contributed by atoms with E-state index in [0.717, 1.165) is 80.7 Å². The fourth-order valence-electron chi connectivity index (χ4n) is 4.53. The Bertz CT molecular complexity index is 1030. The van der Waals surface area contributed by atoms with Gasteiger partial charge in [0.15, 0.2) is 11.5 Å². The number of rotatable bonds is 13. The SMILES string of the molecule is CCCCc1cc(CCCC)c2c(c1)Oc1c(CCCC)cccc1N2CCCS(=O)(=O)O. The van der Waals surface area contributed by atoms with E-state index < -0.39 is 10.1 Å². The predicted molar refractivity (Wildman–Crippen MR) is 137 cm³/mol. The van der Waals surface area contributed by atoms with Crippen molar-refractivity contribution in [2.24, 2.45) is 0 Å². The monoisotopic (exact) mass is 473 g/mol. The maximum absolute atomic E-state index is 11.4. The number of unbranched alkanes of at least 4 members (excludes halogenated alkanes) is 3. The molecular formula is C27H39NO4S. The molecule has 0 aliphatic carbocycles. The van der Waals surface area contributed by atoms with Gasteiger partial charge in [0, 0.05) is 6.54 Å². The number of anilines is 2. The minimum Gasteiger partial charge on any atom is -0.453 e. The van der Waals surface area contributed by atoms with Crippen molar-refractivity contribution < 1.29 is 17.7 Å². The zero-order chi connectivity index (χ0) is 23.8. The largest absolute Gasteiger partial charge is 0.453 e. The topological polar surface area (TPSA) is 66.8 Å². The van der Waals surface area contributed by atoms with E-state index in [1.54, 1.807) is 0 Å². The van der Waals surface area contributed by atoms with Gasteiger partial charge in [0.1, 0.15) is 0 Å². The number of benzene rings is 2. The summed E-state index contributed by atoms with van der Waals surface area (Å²) in [7, 11) is -4.00. The first-order chi connectivity index (χ1) is 15.9. The van der Waals surface area contributed by atoms with Gasteiger partial charge in [-0.3, -0.25) is 4.55 Å². The van der Waals surface area contributed by atoms with Crippen molar-refractivity contribution in [3.05, 3.63) is 47.0 Å². The smallest absolute Gasteiger partial charge is 0.264 e. The average Bonchev–Trinajstić information content (AvgIpc) is 2.78. The van der Waals surface area contributed by atoms with Crippen molar-refractivity contribution in [2.75, 3.05) is 17.2 Å². The molecule has 0 saturated carbocycles. The Kier molecular flexibility index (Phi) is 9.21. The molecule has 0 atom stereocenters. The lowest BCUT2D eigenvalue weighted by Crippen LogP contribution is -2.26. The summed E-state index contributed by atoms with van der Waals surface area (Å²) >= 11 is 0. The van der Waals surface area contributed by atoms with Crippen LogP contribution in [0.1, 0.15) is 82.4 Å². The molecule has 2 aromatic rings. The molecular weight excluding hydrogens is 434 g/mol. The van der Waals surface area contributed by atoms with Crippen LogP contribution in [-0.4, -0.2) is 25.3 Å². The number of para-hydroxylation sites is 1. The lowest BCUT2D eigenvalue weighted by molar-refractivity contribution is 0.463. The number of nitrogens with zero attached hydrogens (tertiary/aromatic N) is 1. The molecule has 6 heteroatoms. The highest BCUT2D eigenvalue weighted by atomic mass is 32.2. The summed E-state index contributed by atoms with van der Waals surface area (Å²) in [5.41, 5.74) is 5.80. The van der Waals surface area contributed by atoms with E-state index >= 15 is 0 Å². The highest BCUT2D eigenvalue weighted by molar-refractivity contribution is 7.85. The Labute approximate surface area is 199 Å². The number of ether oxygens (including phenoxy) is 1. The molecule has 182 valence electrons. The molecule has 1 N–H and O–H groups in total. The summed E-state index contributed by atoms with van der Waals surface area (Å²) in [5, 5.41) is 0. The molecule has 1 heterocycles. The normalized spacial score (nSPS) is 12.9. The Morgan fingerprint density at radius 2 is 1.55 bits per heavy atom. The van der Waals surface area contributed by atoms with Crippen LogP contribution in [0.4, 0.5) is 11.4 Å². The summed E-state index contributed by atoms with van der Waals surface area (Å²) in [5.74, 6) is 1.51. The second-order valence-corrected chi connectivity index (χ2v) is 10.6. The molecule has 0 saturated heterocycles. The fourth-order valence-corrected chi connectivity index (χ4v) is 5.02. The van der Waals surface area contributed by atoms with Gasteiger partial charge >= 0.3 is 0 Å². The molecule has 1 aliphatic rings. The van der Waals surface area contributed by atoms with E-state index in [0.29, 0.717) is 13.0 Å². The first kappa shape index (κ1) is 25.6. The van der Waals surface area contributed by atoms with E-state index in [2.05, 4.69) is 56.0 Å². The third-order valence-electron chi connectivity index (χ3n) is 6.26. The summed E-state index contributed by atoms with van der Waals surface area (Å²) in [6.07, 6.45) is 9.97. The van der Waals surface area contributed by atoms with E-state index in [1.807, 2.05) is 0 Å². The number of aryl methyl sites for hydroxylation is 3. The maximum atomic E-state index is 11.4. The molecule has 0 radical (unpaired) electrons. The third-order valence-corrected chi connectivity index (χ3v) is 7.07. The summed E-state index contributed by atoms with van der Waals surface area (Å²) in [6, 6.07) is 10.8. The van der Waals surface area contributed by atoms with Crippen LogP contribution >= 0.6 is 0 Å². The highest BCUT2D eigenvalue weighted by Gasteiger charge is 2.29. The van der Waals surface area contributed by atoms with Gasteiger partial charge in [0.25, 0.3) is 10.1 Å². The van der Waals surface area contributed by atoms with Crippen LogP contribution in [-0.2, 0) is 29.4 Å². The van der Waals surface area contributed by atoms with Crippen molar-refractivity contribution in [1.82, 2.24) is 0 Å². The minimum atomic E-state index is -4.00. The molecule has 1 aliphatic heterocycles. The Hall–Kier alpha value is -2.05. The highest BCUT2D eigenvalue weighted by Crippen LogP contribution is 2.50. The van der Waals surface area contributed by atoms with Gasteiger partial charge < -0.3 is 9.64 Å². The van der Waals surface area contributed by atoms with E-state index in [9.17, 15) is 13.0 Å². The molecule has 0 aromatic heterocycles. The second kappa shape index (κ2) is 11.9. The van der Waals surface area contributed by atoms with Crippen molar-refractivity contribution in [2.45, 2.75) is 85.0 Å². The lowest BCUT2D eigenvalue weighted by atomic mass is 9.96. The van der Waals surface area contributed by atoms with Gasteiger partial charge in [0.05, 0.1) is 17.1 Å². The fraction of sp³-hybridized carbons (Fsp3) is 0.556. The average molecular weight is 474 g/mol. The first-order valence-corrected chi connectivity index (χ1v) is 14.2. The number of fused-ring (bicyclic) bond motifs is 2. The molecule has 2 aromatic carbocycles. The Morgan fingerprint density at radius 1 is 0.879 bits per heavy atom. The molecule has 3 rings (SSSR count). The predicted octanol–water partition coefficient (Wildman–Crippen LogP) is 7.24. The summed E-state index contributed by atoms with van der Waals surface area (Å²) in [6.45, 7) is 7.10. The molecule has 0 amide bonds. The van der Waals surface area contributed by atoms with E-state index in [-0.39, 0.29) is 5.75 Å². The standard InChI is InChI=1S/C27H39NO4S/c1-4-7-12-21-19-23(14-9-6-3)26-25(20-21)32-27-22(13-8-5-2)15-10-16-24(27)28(26)17-11-18-33(29,30)31/h10,15-16,19-20H,4-9,11-14,17-18H2,1-3H3,(H,29,30,31). The van der Waals surface area contributed by atoms with Crippen molar-refractivity contribution in [3.8, 4) is 11.5 Å². The molecule has 0 spiro atoms. The van der Waals surface area contributed by atoms with Crippen LogP contribution in [0.2, 0.25) is 0 Å². The molecule has 0 fully saturated rings. The van der Waals surface area contributed by atoms with Crippen LogP contribution < -0.4 is 9.64 Å². The van der Waals surface area contributed by atoms with E-state index in [4.69, 9.17) is 4.74 Å². The van der Waals surface area contributed by atoms with Crippen LogP contribution in [0.5, 0.6) is 11.5 Å². The number of hydrogen-bond acceptors (Lipinski definition) is 4. The molecule has 5 nitrogen and oxygen atoms in total. The Balaban J connectivity index is 2.08. The second-order valence-electron chi connectivity index (χ2n) is 9.07. The van der Waals surface area contributed by atoms with Gasteiger partial charge in [-0.2, -0.15) is 8.42 Å². The van der Waals surface area contributed by atoms with Crippen LogP contribution in [0.25, 0.3) is 0 Å². The van der Waals surface area contributed by atoms with Gasteiger partial charge in [-0.1, -0.05) is 58.2 Å². The molecule has 0 bridgehead atoms. The maximum Gasteiger partial charge on any atom is 0.264 e. The number of hydrogen-bond donors (Lipinski definition) is 1. The zero-order valence-electron chi connectivity index (χ0n) is 20.4. The van der Waals surface area contributed by atoms with Gasteiger partial charge in [-0.05, 0) is 73.8 Å². The van der Waals surface area contributed by atoms with Crippen molar-refractivity contribution in [3.63, 3.8) is 0 Å². The summed E-state index contributed by atoms with van der Waals surface area (Å²) < 4.78 is 38.7. The first-order valence-electron chi connectivity index (χ1n) is 12.6. The van der Waals surface area contributed by atoms with Gasteiger partial charge in [0.2, 0.25) is 0 Å². The lowest BCUT2D eigenvalue weighted by Gasteiger charge is -2.36. The minimum absolute atomic E-state index is 0.247. The van der Waals surface area contributed by atoms with Gasteiger partial charge in [-0.25, -0.2) is 0 Å². The van der Waals surface area contributed by atoms with Gasteiger partial charge in [-0.15, -0.1) is 0 Å². The quantitative estimate of drug-likeness (QED) is 0.311. The van der Waals surface area contributed by atoms with E-state index in [1.165, 1.54) is 16.7 Å². The molecule has 0 unspecified atom stereocenters. The van der Waals surface area contributed by atoms with Crippen LogP contribution in [0.3, 0.4) is 0 Å². The zero-order valence-corrected chi connectivity index (χ0v) is 21.2.